The summed E-state index contributed by atoms with van der Waals surface area (Å²) in [6.45, 7) is 4.16. The fourth-order valence-corrected chi connectivity index (χ4v) is 6.41. The first-order valence-electron chi connectivity index (χ1n) is 12.7. The number of aliphatic hydroxyl groups is 1. The Morgan fingerprint density at radius 2 is 1.88 bits per heavy atom. The molecule has 2 heterocycles. The molecule has 0 aliphatic carbocycles. The van der Waals surface area contributed by atoms with Gasteiger partial charge in [0.2, 0.25) is 5.60 Å². The molecule has 1 amide bonds. The van der Waals surface area contributed by atoms with E-state index in [1.165, 1.54) is 36.0 Å². The van der Waals surface area contributed by atoms with Gasteiger partial charge in [-0.2, -0.15) is 13.2 Å². The number of ether oxygens (including phenoxy) is 3. The molecule has 42 heavy (non-hydrogen) atoms. The molecule has 2 atom stereocenters. The molecular weight excluding hydrogens is 609 g/mol. The number of nitrogens with one attached hydrogen (secondary N) is 1. The Morgan fingerprint density at radius 3 is 2.45 bits per heavy atom. The number of carbonyl (C=O) groups is 1. The van der Waals surface area contributed by atoms with E-state index in [4.69, 9.17) is 9.47 Å². The van der Waals surface area contributed by atoms with Crippen LogP contribution in [0.1, 0.15) is 34.1 Å². The average molecular weight is 643 g/mol. The summed E-state index contributed by atoms with van der Waals surface area (Å²) in [6.07, 6.45) is -5.02. The molecule has 0 saturated carbocycles. The van der Waals surface area contributed by atoms with Gasteiger partial charge in [0.1, 0.15) is 28.3 Å². The van der Waals surface area contributed by atoms with Crippen LogP contribution in [0.5, 0.6) is 11.6 Å². The topological polar surface area (TPSA) is 166 Å². The van der Waals surface area contributed by atoms with Crippen molar-refractivity contribution in [2.45, 2.75) is 69.5 Å². The zero-order valence-electron chi connectivity index (χ0n) is 23.5. The predicted octanol–water partition coefficient (Wildman–Crippen LogP) is 2.94. The third-order valence-corrected chi connectivity index (χ3v) is 9.18. The Balaban J connectivity index is 2.08. The highest BCUT2D eigenvalue weighted by atomic mass is 32.2. The third-order valence-electron chi connectivity index (χ3n) is 6.32. The maximum atomic E-state index is 14.2. The summed E-state index contributed by atoms with van der Waals surface area (Å²) in [5, 5.41) is 15.5. The molecular formula is C24H33F3N4O9S2. The molecule has 1 aliphatic heterocycles. The molecule has 1 aliphatic rings. The van der Waals surface area contributed by atoms with Gasteiger partial charge in [-0.3, -0.25) is 14.3 Å². The van der Waals surface area contributed by atoms with Gasteiger partial charge in [0.25, 0.3) is 15.9 Å². The minimum absolute atomic E-state index is 0.00502. The van der Waals surface area contributed by atoms with Crippen molar-refractivity contribution in [1.82, 2.24) is 9.78 Å². The van der Waals surface area contributed by atoms with Gasteiger partial charge in [-0.15, -0.1) is 5.10 Å². The number of sulfonamides is 1. The summed E-state index contributed by atoms with van der Waals surface area (Å²) in [5.74, 6) is -0.582. The van der Waals surface area contributed by atoms with E-state index >= 15 is 0 Å². The van der Waals surface area contributed by atoms with Crippen molar-refractivity contribution in [1.29, 1.82) is 0 Å². The van der Waals surface area contributed by atoms with Crippen LogP contribution in [0.25, 0.3) is 0 Å². The van der Waals surface area contributed by atoms with Crippen molar-refractivity contribution in [3.63, 3.8) is 0 Å². The first-order valence-corrected chi connectivity index (χ1v) is 16.2. The molecule has 0 radical (unpaired) electrons. The normalized spacial score (nSPS) is 17.8. The van der Waals surface area contributed by atoms with E-state index in [1.54, 1.807) is 6.92 Å². The summed E-state index contributed by atoms with van der Waals surface area (Å²) in [6, 6.07) is 2.72. The zero-order chi connectivity index (χ0) is 31.7. The van der Waals surface area contributed by atoms with Crippen molar-refractivity contribution < 1.29 is 54.1 Å². The van der Waals surface area contributed by atoms with Crippen molar-refractivity contribution in [2.75, 3.05) is 34.8 Å². The Hall–Kier alpha value is -3.25. The molecule has 0 unspecified atom stereocenters. The van der Waals surface area contributed by atoms with Gasteiger partial charge in [0.15, 0.2) is 4.90 Å². The summed E-state index contributed by atoms with van der Waals surface area (Å²) >= 11 is 0. The number of nitrogens with zero attached hydrogens (tertiary/aromatic N) is 3. The standard InChI is InChI=1S/C24H33F3N4O9S2/c1-6-30-14-20(21(29-30)38-11-10-32)42(36,37)31-15(2)18(9-12-41(5,34)35)39-19-8-7-16(13-17(19)31)28-22(33)40-23(3,4)24(25,26)27/h7-8,13-15,18,32H,6,9-12H2,1-5H3,(H,28,33)/t15-,18+/m1/s1. The van der Waals surface area contributed by atoms with E-state index in [1.807, 2.05) is 0 Å². The first kappa shape index (κ1) is 33.3. The van der Waals surface area contributed by atoms with Gasteiger partial charge in [0, 0.05) is 31.1 Å². The molecule has 2 N–H and O–H groups in total. The fourth-order valence-electron chi connectivity index (χ4n) is 3.98. The SMILES string of the molecule is CCn1cc(S(=O)(=O)N2c3cc(NC(=O)OC(C)(C)C(F)(F)F)ccc3O[C@@H](CCS(C)(=O)=O)[C@H]2C)c(OCCO)n1. The Kier molecular flexibility index (Phi) is 9.63. The van der Waals surface area contributed by atoms with Crippen LogP contribution < -0.4 is 19.1 Å². The molecule has 0 fully saturated rings. The minimum atomic E-state index is -4.85. The quantitative estimate of drug-likeness (QED) is 0.372. The van der Waals surface area contributed by atoms with Crippen molar-refractivity contribution in [3.05, 3.63) is 24.4 Å². The van der Waals surface area contributed by atoms with Crippen LogP contribution >= 0.6 is 0 Å². The van der Waals surface area contributed by atoms with E-state index in [0.29, 0.717) is 13.8 Å². The number of aryl methyl sites for hydroxylation is 1. The van der Waals surface area contributed by atoms with E-state index in [2.05, 4.69) is 15.2 Å². The molecule has 1 aromatic heterocycles. The second-order valence-electron chi connectivity index (χ2n) is 10.0. The molecule has 18 heteroatoms. The molecule has 0 bridgehead atoms. The van der Waals surface area contributed by atoms with E-state index in [-0.39, 0.29) is 53.2 Å². The number of sulfone groups is 1. The second kappa shape index (κ2) is 12.2. The summed E-state index contributed by atoms with van der Waals surface area (Å²) < 4.78 is 110. The molecule has 3 rings (SSSR count). The second-order valence-corrected chi connectivity index (χ2v) is 14.1. The number of anilines is 2. The van der Waals surface area contributed by atoms with Crippen LogP contribution in [-0.4, -0.2) is 87.0 Å². The Bertz CT molecular complexity index is 1510. The zero-order valence-corrected chi connectivity index (χ0v) is 25.1. The highest BCUT2D eigenvalue weighted by Crippen LogP contribution is 2.43. The number of fused-ring (bicyclic) bond motifs is 1. The number of aromatic nitrogens is 2. The Morgan fingerprint density at radius 1 is 1.21 bits per heavy atom. The summed E-state index contributed by atoms with van der Waals surface area (Å²) in [4.78, 5) is 12.0. The van der Waals surface area contributed by atoms with Crippen molar-refractivity contribution in [2.24, 2.45) is 0 Å². The molecule has 1 aromatic carbocycles. The number of alkyl halides is 3. The van der Waals surface area contributed by atoms with Crippen LogP contribution in [0, 0.1) is 0 Å². The lowest BCUT2D eigenvalue weighted by molar-refractivity contribution is -0.242. The summed E-state index contributed by atoms with van der Waals surface area (Å²) in [7, 11) is -7.97. The van der Waals surface area contributed by atoms with Gasteiger partial charge in [-0.25, -0.2) is 21.6 Å². The Labute approximate surface area is 241 Å². The van der Waals surface area contributed by atoms with Crippen molar-refractivity contribution in [3.8, 4) is 11.6 Å². The van der Waals surface area contributed by atoms with Gasteiger partial charge >= 0.3 is 12.3 Å². The lowest BCUT2D eigenvalue weighted by atomic mass is 10.1. The number of hydrogen-bond acceptors (Lipinski definition) is 10. The number of rotatable bonds is 11. The number of halogens is 3. The number of aliphatic hydroxyl groups excluding tert-OH is 1. The molecule has 13 nitrogen and oxygen atoms in total. The van der Waals surface area contributed by atoms with E-state index in [0.717, 1.165) is 10.6 Å². The van der Waals surface area contributed by atoms with Crippen LogP contribution in [0.4, 0.5) is 29.3 Å². The van der Waals surface area contributed by atoms with Gasteiger partial charge < -0.3 is 19.3 Å². The van der Waals surface area contributed by atoms with Crippen molar-refractivity contribution >= 4 is 37.3 Å². The molecule has 236 valence electrons. The highest BCUT2D eigenvalue weighted by molar-refractivity contribution is 7.93. The van der Waals surface area contributed by atoms with Crippen LogP contribution in [-0.2, 0) is 31.1 Å². The number of carbonyl (C=O) groups excluding carboxylic acids is 1. The van der Waals surface area contributed by atoms with Crippen LogP contribution in [0.15, 0.2) is 29.3 Å². The maximum absolute atomic E-state index is 14.2. The monoisotopic (exact) mass is 642 g/mol. The average Bonchev–Trinajstić information content (AvgIpc) is 3.29. The number of benzene rings is 1. The van der Waals surface area contributed by atoms with Gasteiger partial charge in [0.05, 0.1) is 24.1 Å². The van der Waals surface area contributed by atoms with E-state index in [9.17, 15) is 39.9 Å². The number of hydrogen-bond donors (Lipinski definition) is 2. The fraction of sp³-hybridized carbons (Fsp3) is 0.583. The molecule has 0 saturated heterocycles. The van der Waals surface area contributed by atoms with Crippen LogP contribution in [0.2, 0.25) is 0 Å². The van der Waals surface area contributed by atoms with E-state index < -0.39 is 56.5 Å². The predicted molar refractivity (Wildman–Crippen MR) is 145 cm³/mol. The van der Waals surface area contributed by atoms with Gasteiger partial charge in [-0.1, -0.05) is 0 Å². The minimum Gasteiger partial charge on any atom is -0.486 e. The third kappa shape index (κ3) is 7.38. The summed E-state index contributed by atoms with van der Waals surface area (Å²) in [5.41, 5.74) is -3.01. The first-order chi connectivity index (χ1) is 19.3. The van der Waals surface area contributed by atoms with Crippen LogP contribution in [0.3, 0.4) is 0 Å². The molecule has 2 aromatic rings. The molecule has 0 spiro atoms. The maximum Gasteiger partial charge on any atom is 0.427 e. The number of amides is 1. The smallest absolute Gasteiger partial charge is 0.427 e. The van der Waals surface area contributed by atoms with Gasteiger partial charge in [-0.05, 0) is 45.9 Å². The lowest BCUT2D eigenvalue weighted by Crippen LogP contribution is -2.51. The lowest BCUT2D eigenvalue weighted by Gasteiger charge is -2.41. The largest absolute Gasteiger partial charge is 0.486 e. The highest BCUT2D eigenvalue weighted by Gasteiger charge is 2.51.